The van der Waals surface area contributed by atoms with Gasteiger partial charge in [-0.2, -0.15) is 0 Å². The number of rotatable bonds is 6. The quantitative estimate of drug-likeness (QED) is 0.720. The first kappa shape index (κ1) is 16.8. The molecular weight excluding hydrogens is 324 g/mol. The molecule has 1 unspecified atom stereocenters. The number of carbonyl (C=O) groups is 1. The number of nitrogens with zero attached hydrogens (tertiary/aromatic N) is 2. The highest BCUT2D eigenvalue weighted by Crippen LogP contribution is 2.18. The maximum atomic E-state index is 12.0. The van der Waals surface area contributed by atoms with E-state index in [1.165, 1.54) is 6.42 Å². The molecule has 0 saturated carbocycles. The monoisotopic (exact) mass is 348 g/mol. The van der Waals surface area contributed by atoms with Crippen LogP contribution in [0.3, 0.4) is 0 Å². The average molecular weight is 348 g/mol. The van der Waals surface area contributed by atoms with Crippen molar-refractivity contribution >= 4 is 16.9 Å². The average Bonchev–Trinajstić information content (AvgIpc) is 3.35. The van der Waals surface area contributed by atoms with Crippen molar-refractivity contribution in [1.29, 1.82) is 0 Å². The molecule has 0 bridgehead atoms. The van der Waals surface area contributed by atoms with Gasteiger partial charge in [0.1, 0.15) is 6.33 Å². The molecule has 0 radical (unpaired) electrons. The van der Waals surface area contributed by atoms with E-state index in [9.17, 15) is 4.79 Å². The van der Waals surface area contributed by atoms with Gasteiger partial charge in [0.25, 0.3) is 0 Å². The van der Waals surface area contributed by atoms with Crippen molar-refractivity contribution in [2.24, 2.45) is 5.92 Å². The van der Waals surface area contributed by atoms with Crippen LogP contribution in [0.2, 0.25) is 0 Å². The Bertz CT molecular complexity index is 878. The van der Waals surface area contributed by atoms with Crippen molar-refractivity contribution in [2.75, 3.05) is 13.1 Å². The third-order valence-corrected chi connectivity index (χ3v) is 5.10. The Labute approximate surface area is 153 Å². The lowest BCUT2D eigenvalue weighted by atomic mass is 10.0. The smallest absolute Gasteiger partial charge is 0.220 e. The number of fused-ring (bicyclic) bond motifs is 1. The zero-order chi connectivity index (χ0) is 17.8. The third-order valence-electron chi connectivity index (χ3n) is 5.10. The maximum absolute atomic E-state index is 12.0. The summed E-state index contributed by atoms with van der Waals surface area (Å²) in [5.74, 6) is 0.798. The van der Waals surface area contributed by atoms with E-state index in [4.69, 9.17) is 0 Å². The Kier molecular flexibility index (Phi) is 4.97. The molecule has 5 nitrogen and oxygen atoms in total. The van der Waals surface area contributed by atoms with Crippen molar-refractivity contribution in [3.05, 3.63) is 60.4 Å². The SMILES string of the molecule is O=C(CCC1CCNC1)NCc1ccc(-n2cnc3ccccc32)cc1. The molecule has 0 spiro atoms. The number of imidazole rings is 1. The molecule has 0 aliphatic carbocycles. The fourth-order valence-corrected chi connectivity index (χ4v) is 3.52. The minimum absolute atomic E-state index is 0.140. The van der Waals surface area contributed by atoms with Gasteiger partial charge in [-0.1, -0.05) is 24.3 Å². The van der Waals surface area contributed by atoms with Gasteiger partial charge in [0.15, 0.2) is 0 Å². The molecule has 2 aromatic carbocycles. The molecule has 1 aromatic heterocycles. The van der Waals surface area contributed by atoms with Crippen LogP contribution in [0.25, 0.3) is 16.7 Å². The molecule has 3 aromatic rings. The van der Waals surface area contributed by atoms with Gasteiger partial charge >= 0.3 is 0 Å². The highest BCUT2D eigenvalue weighted by molar-refractivity contribution is 5.77. The molecule has 134 valence electrons. The summed E-state index contributed by atoms with van der Waals surface area (Å²) in [5.41, 5.74) is 4.26. The zero-order valence-corrected chi connectivity index (χ0v) is 14.8. The first-order chi connectivity index (χ1) is 12.8. The van der Waals surface area contributed by atoms with Crippen LogP contribution in [-0.2, 0) is 11.3 Å². The predicted molar refractivity (Wildman–Crippen MR) is 103 cm³/mol. The molecule has 1 aliphatic rings. The zero-order valence-electron chi connectivity index (χ0n) is 14.8. The molecule has 2 heterocycles. The topological polar surface area (TPSA) is 59.0 Å². The lowest BCUT2D eigenvalue weighted by Crippen LogP contribution is -2.23. The van der Waals surface area contributed by atoms with Crippen molar-refractivity contribution in [1.82, 2.24) is 20.2 Å². The van der Waals surface area contributed by atoms with E-state index in [2.05, 4.69) is 50.5 Å². The minimum Gasteiger partial charge on any atom is -0.352 e. The van der Waals surface area contributed by atoms with Crippen molar-refractivity contribution < 1.29 is 4.79 Å². The van der Waals surface area contributed by atoms with E-state index >= 15 is 0 Å². The van der Waals surface area contributed by atoms with Crippen molar-refractivity contribution in [3.63, 3.8) is 0 Å². The van der Waals surface area contributed by atoms with E-state index in [0.717, 1.165) is 41.8 Å². The van der Waals surface area contributed by atoms with Crippen molar-refractivity contribution in [3.8, 4) is 5.69 Å². The summed E-state index contributed by atoms with van der Waals surface area (Å²) in [6.07, 6.45) is 4.63. The first-order valence-corrected chi connectivity index (χ1v) is 9.28. The number of para-hydroxylation sites is 2. The van der Waals surface area contributed by atoms with Crippen LogP contribution < -0.4 is 10.6 Å². The Hall–Kier alpha value is -2.66. The summed E-state index contributed by atoms with van der Waals surface area (Å²) < 4.78 is 2.08. The van der Waals surface area contributed by atoms with Crippen LogP contribution in [0.1, 0.15) is 24.8 Å². The van der Waals surface area contributed by atoms with Crippen molar-refractivity contribution in [2.45, 2.75) is 25.8 Å². The van der Waals surface area contributed by atoms with Gasteiger partial charge in [-0.3, -0.25) is 9.36 Å². The van der Waals surface area contributed by atoms with Crippen LogP contribution in [0.5, 0.6) is 0 Å². The predicted octanol–water partition coefficient (Wildman–Crippen LogP) is 3.03. The Balaban J connectivity index is 1.33. The number of carbonyl (C=O) groups excluding carboxylic acids is 1. The molecule has 1 fully saturated rings. The fourth-order valence-electron chi connectivity index (χ4n) is 3.52. The highest BCUT2D eigenvalue weighted by atomic mass is 16.1. The summed E-state index contributed by atoms with van der Waals surface area (Å²) in [4.78, 5) is 16.5. The standard InChI is InChI=1S/C21H24N4O/c26-21(10-7-17-11-12-22-13-17)23-14-16-5-8-18(9-6-16)25-15-24-19-3-1-2-4-20(19)25/h1-6,8-9,15,17,22H,7,10-14H2,(H,23,26). The van der Waals surface area contributed by atoms with E-state index in [0.29, 0.717) is 18.9 Å². The number of hydrogen-bond acceptors (Lipinski definition) is 3. The second-order valence-corrected chi connectivity index (χ2v) is 6.94. The fraction of sp³-hybridized carbons (Fsp3) is 0.333. The van der Waals surface area contributed by atoms with Crippen LogP contribution >= 0.6 is 0 Å². The molecule has 1 aliphatic heterocycles. The molecular formula is C21H24N4O. The lowest BCUT2D eigenvalue weighted by Gasteiger charge is -2.10. The van der Waals surface area contributed by atoms with E-state index in [1.807, 2.05) is 24.5 Å². The summed E-state index contributed by atoms with van der Waals surface area (Å²) in [6, 6.07) is 16.4. The number of benzene rings is 2. The minimum atomic E-state index is 0.140. The van der Waals surface area contributed by atoms with E-state index in [1.54, 1.807) is 0 Å². The van der Waals surface area contributed by atoms with Crippen LogP contribution in [0, 0.1) is 5.92 Å². The van der Waals surface area contributed by atoms with E-state index < -0.39 is 0 Å². The summed E-state index contributed by atoms with van der Waals surface area (Å²) in [7, 11) is 0. The first-order valence-electron chi connectivity index (χ1n) is 9.28. The van der Waals surface area contributed by atoms with Gasteiger partial charge in [0.05, 0.1) is 11.0 Å². The summed E-state index contributed by atoms with van der Waals surface area (Å²) in [5, 5.41) is 6.37. The molecule has 5 heteroatoms. The molecule has 1 atom stereocenters. The second-order valence-electron chi connectivity index (χ2n) is 6.94. The van der Waals surface area contributed by atoms with Crippen LogP contribution in [0.4, 0.5) is 0 Å². The van der Waals surface area contributed by atoms with Gasteiger partial charge < -0.3 is 10.6 Å². The van der Waals surface area contributed by atoms with Crippen LogP contribution in [-0.4, -0.2) is 28.5 Å². The van der Waals surface area contributed by atoms with Crippen LogP contribution in [0.15, 0.2) is 54.9 Å². The summed E-state index contributed by atoms with van der Waals surface area (Å²) in [6.45, 7) is 2.72. The van der Waals surface area contributed by atoms with Gasteiger partial charge in [-0.15, -0.1) is 0 Å². The van der Waals surface area contributed by atoms with Gasteiger partial charge in [0, 0.05) is 18.7 Å². The van der Waals surface area contributed by atoms with Gasteiger partial charge in [0.2, 0.25) is 5.91 Å². The number of amides is 1. The Morgan fingerprint density at radius 2 is 2.04 bits per heavy atom. The summed E-state index contributed by atoms with van der Waals surface area (Å²) >= 11 is 0. The second kappa shape index (κ2) is 7.70. The van der Waals surface area contributed by atoms with E-state index in [-0.39, 0.29) is 5.91 Å². The molecule has 4 rings (SSSR count). The van der Waals surface area contributed by atoms with Gasteiger partial charge in [-0.05, 0) is 61.7 Å². The number of aromatic nitrogens is 2. The highest BCUT2D eigenvalue weighted by Gasteiger charge is 2.15. The molecule has 2 N–H and O–H groups in total. The van der Waals surface area contributed by atoms with Gasteiger partial charge in [-0.25, -0.2) is 4.98 Å². The largest absolute Gasteiger partial charge is 0.352 e. The number of nitrogens with one attached hydrogen (secondary N) is 2. The molecule has 1 saturated heterocycles. The number of hydrogen-bond donors (Lipinski definition) is 2. The Morgan fingerprint density at radius 1 is 1.19 bits per heavy atom. The normalized spacial score (nSPS) is 16.8. The Morgan fingerprint density at radius 3 is 2.85 bits per heavy atom. The molecule has 1 amide bonds. The lowest BCUT2D eigenvalue weighted by molar-refractivity contribution is -0.121. The third kappa shape index (κ3) is 3.78. The molecule has 26 heavy (non-hydrogen) atoms. The maximum Gasteiger partial charge on any atom is 0.220 e.